The summed E-state index contributed by atoms with van der Waals surface area (Å²) in [6.45, 7) is 3.61. The first kappa shape index (κ1) is 23.3. The molecule has 0 spiro atoms. The summed E-state index contributed by atoms with van der Waals surface area (Å²) in [6, 6.07) is 6.58. The second-order valence-electron chi connectivity index (χ2n) is 7.83. The molecule has 1 aliphatic rings. The van der Waals surface area contributed by atoms with Crippen molar-refractivity contribution >= 4 is 23.7 Å². The number of likely N-dealkylation sites (tertiary alicyclic amines) is 1. The van der Waals surface area contributed by atoms with Crippen molar-refractivity contribution in [3.05, 3.63) is 35.9 Å². The highest BCUT2D eigenvalue weighted by Gasteiger charge is 2.37. The summed E-state index contributed by atoms with van der Waals surface area (Å²) in [5, 5.41) is 14.5. The molecule has 3 unspecified atom stereocenters. The van der Waals surface area contributed by atoms with Crippen molar-refractivity contribution in [2.45, 2.75) is 51.2 Å². The molecule has 1 saturated heterocycles. The number of carboxylic acids is 1. The quantitative estimate of drug-likeness (QED) is 0.441. The van der Waals surface area contributed by atoms with Gasteiger partial charge in [0.1, 0.15) is 12.1 Å². The summed E-state index contributed by atoms with van der Waals surface area (Å²) in [6.07, 6.45) is 1.20. The van der Waals surface area contributed by atoms with Gasteiger partial charge in [0.05, 0.1) is 12.6 Å². The van der Waals surface area contributed by atoms with Gasteiger partial charge in [0.25, 0.3) is 0 Å². The number of nitrogens with two attached hydrogens (primary N) is 1. The fourth-order valence-corrected chi connectivity index (χ4v) is 3.37. The number of aliphatic carboxylic acids is 1. The normalized spacial score (nSPS) is 18.0. The van der Waals surface area contributed by atoms with Crippen molar-refractivity contribution < 1.29 is 24.3 Å². The van der Waals surface area contributed by atoms with Crippen LogP contribution in [-0.2, 0) is 25.6 Å². The zero-order chi connectivity index (χ0) is 22.3. The predicted molar refractivity (Wildman–Crippen MR) is 110 cm³/mol. The van der Waals surface area contributed by atoms with E-state index in [1.807, 2.05) is 30.3 Å². The number of carboxylic acid groups (broad SMARTS) is 1. The van der Waals surface area contributed by atoms with E-state index in [0.717, 1.165) is 5.56 Å². The summed E-state index contributed by atoms with van der Waals surface area (Å²) >= 11 is 0. The minimum atomic E-state index is -1.06. The standard InChI is InChI=1S/C21H30N4O5/c1-13(2)18(22)19(27)23-12-17(26)24-15(11-14-7-4-3-5-8-14)20(28)25-10-6-9-16(25)21(29)30/h3-5,7-8,13,15-16,18H,6,9-12,22H2,1-2H3,(H,23,27)(H,24,26)(H,29,30). The number of amides is 3. The maximum Gasteiger partial charge on any atom is 0.326 e. The third-order valence-corrected chi connectivity index (χ3v) is 5.18. The van der Waals surface area contributed by atoms with Crippen LogP contribution in [0.4, 0.5) is 0 Å². The zero-order valence-corrected chi connectivity index (χ0v) is 17.3. The molecule has 0 radical (unpaired) electrons. The molecule has 1 aliphatic heterocycles. The van der Waals surface area contributed by atoms with E-state index in [1.54, 1.807) is 13.8 Å². The summed E-state index contributed by atoms with van der Waals surface area (Å²) in [5.41, 5.74) is 6.59. The molecule has 0 saturated carbocycles. The lowest BCUT2D eigenvalue weighted by Crippen LogP contribution is -2.54. The lowest BCUT2D eigenvalue weighted by molar-refractivity contribution is -0.149. The van der Waals surface area contributed by atoms with Crippen molar-refractivity contribution in [3.8, 4) is 0 Å². The van der Waals surface area contributed by atoms with E-state index in [-0.39, 0.29) is 18.9 Å². The van der Waals surface area contributed by atoms with Crippen LogP contribution in [-0.4, -0.2) is 64.9 Å². The first-order valence-electron chi connectivity index (χ1n) is 10.1. The Morgan fingerprint density at radius 2 is 1.87 bits per heavy atom. The molecule has 9 nitrogen and oxygen atoms in total. The van der Waals surface area contributed by atoms with Gasteiger partial charge in [-0.25, -0.2) is 4.79 Å². The fraction of sp³-hybridized carbons (Fsp3) is 0.524. The van der Waals surface area contributed by atoms with Crippen LogP contribution >= 0.6 is 0 Å². The van der Waals surface area contributed by atoms with Gasteiger partial charge >= 0.3 is 5.97 Å². The Labute approximate surface area is 176 Å². The maximum atomic E-state index is 13.1. The lowest BCUT2D eigenvalue weighted by Gasteiger charge is -2.27. The summed E-state index contributed by atoms with van der Waals surface area (Å²) in [7, 11) is 0. The summed E-state index contributed by atoms with van der Waals surface area (Å²) in [4.78, 5) is 50.3. The highest BCUT2D eigenvalue weighted by molar-refractivity contribution is 5.93. The van der Waals surface area contributed by atoms with Gasteiger partial charge in [-0.05, 0) is 24.3 Å². The predicted octanol–water partition coefficient (Wildman–Crippen LogP) is -0.111. The average Bonchev–Trinajstić information content (AvgIpc) is 3.21. The zero-order valence-electron chi connectivity index (χ0n) is 17.3. The SMILES string of the molecule is CC(C)C(N)C(=O)NCC(=O)NC(Cc1ccccc1)C(=O)N1CCCC1C(=O)O. The minimum absolute atomic E-state index is 0.0800. The molecule has 0 aliphatic carbocycles. The number of nitrogens with zero attached hydrogens (tertiary/aromatic N) is 1. The third kappa shape index (κ3) is 6.28. The largest absolute Gasteiger partial charge is 0.480 e. The number of nitrogens with one attached hydrogen (secondary N) is 2. The number of carbonyl (C=O) groups is 4. The van der Waals surface area contributed by atoms with Crippen molar-refractivity contribution in [2.75, 3.05) is 13.1 Å². The average molecular weight is 418 g/mol. The Hall–Kier alpha value is -2.94. The van der Waals surface area contributed by atoms with Crippen LogP contribution in [0.5, 0.6) is 0 Å². The molecule has 30 heavy (non-hydrogen) atoms. The number of rotatable bonds is 9. The summed E-state index contributed by atoms with van der Waals surface area (Å²) in [5.74, 6) is -2.57. The molecule has 9 heteroatoms. The molecule has 164 valence electrons. The van der Waals surface area contributed by atoms with Crippen molar-refractivity contribution in [1.29, 1.82) is 0 Å². The van der Waals surface area contributed by atoms with Crippen LogP contribution in [0.25, 0.3) is 0 Å². The Kier molecular flexibility index (Phi) is 8.35. The molecule has 5 N–H and O–H groups in total. The Morgan fingerprint density at radius 1 is 1.20 bits per heavy atom. The van der Waals surface area contributed by atoms with Gasteiger partial charge in [-0.3, -0.25) is 14.4 Å². The van der Waals surface area contributed by atoms with Crippen molar-refractivity contribution in [3.63, 3.8) is 0 Å². The van der Waals surface area contributed by atoms with Crippen LogP contribution in [0.15, 0.2) is 30.3 Å². The molecule has 0 aromatic heterocycles. The molecule has 1 heterocycles. The highest BCUT2D eigenvalue weighted by atomic mass is 16.4. The van der Waals surface area contributed by atoms with Gasteiger partial charge in [0, 0.05) is 13.0 Å². The van der Waals surface area contributed by atoms with Gasteiger partial charge in [-0.2, -0.15) is 0 Å². The second-order valence-corrected chi connectivity index (χ2v) is 7.83. The minimum Gasteiger partial charge on any atom is -0.480 e. The van der Waals surface area contributed by atoms with E-state index in [4.69, 9.17) is 5.73 Å². The van der Waals surface area contributed by atoms with Crippen molar-refractivity contribution in [2.24, 2.45) is 11.7 Å². The first-order valence-corrected chi connectivity index (χ1v) is 10.1. The molecule has 1 fully saturated rings. The monoisotopic (exact) mass is 418 g/mol. The number of hydrogen-bond acceptors (Lipinski definition) is 5. The molecule has 2 rings (SSSR count). The molecular formula is C21H30N4O5. The topological polar surface area (TPSA) is 142 Å². The van der Waals surface area contributed by atoms with Crippen LogP contribution in [0.2, 0.25) is 0 Å². The first-order chi connectivity index (χ1) is 14.2. The van der Waals surface area contributed by atoms with Crippen molar-refractivity contribution in [1.82, 2.24) is 15.5 Å². The molecule has 3 amide bonds. The van der Waals surface area contributed by atoms with E-state index in [1.165, 1.54) is 4.90 Å². The van der Waals surface area contributed by atoms with E-state index in [9.17, 15) is 24.3 Å². The Morgan fingerprint density at radius 3 is 2.47 bits per heavy atom. The van der Waals surface area contributed by atoms with Crippen LogP contribution in [0, 0.1) is 5.92 Å². The van der Waals surface area contributed by atoms with E-state index in [0.29, 0.717) is 19.4 Å². The molecule has 1 aromatic rings. The van der Waals surface area contributed by atoms with Gasteiger partial charge < -0.3 is 26.4 Å². The van der Waals surface area contributed by atoms with E-state index < -0.39 is 41.8 Å². The Balaban J connectivity index is 2.08. The molecule has 3 atom stereocenters. The summed E-state index contributed by atoms with van der Waals surface area (Å²) < 4.78 is 0. The highest BCUT2D eigenvalue weighted by Crippen LogP contribution is 2.19. The number of carbonyl (C=O) groups excluding carboxylic acids is 3. The fourth-order valence-electron chi connectivity index (χ4n) is 3.37. The number of benzene rings is 1. The molecule has 0 bridgehead atoms. The number of hydrogen-bond donors (Lipinski definition) is 4. The van der Waals surface area contributed by atoms with Gasteiger partial charge in [-0.1, -0.05) is 44.2 Å². The van der Waals surface area contributed by atoms with Crippen LogP contribution < -0.4 is 16.4 Å². The van der Waals surface area contributed by atoms with Crippen LogP contribution in [0.1, 0.15) is 32.3 Å². The maximum absolute atomic E-state index is 13.1. The molecular weight excluding hydrogens is 388 g/mol. The van der Waals surface area contributed by atoms with E-state index in [2.05, 4.69) is 10.6 Å². The molecule has 1 aromatic carbocycles. The van der Waals surface area contributed by atoms with Gasteiger partial charge in [-0.15, -0.1) is 0 Å². The van der Waals surface area contributed by atoms with Gasteiger partial charge in [0.2, 0.25) is 17.7 Å². The smallest absolute Gasteiger partial charge is 0.326 e. The second kappa shape index (κ2) is 10.7. The third-order valence-electron chi connectivity index (χ3n) is 5.18. The Bertz CT molecular complexity index is 768. The lowest BCUT2D eigenvalue weighted by atomic mass is 10.0. The van der Waals surface area contributed by atoms with Crippen LogP contribution in [0.3, 0.4) is 0 Å². The van der Waals surface area contributed by atoms with Gasteiger partial charge in [0.15, 0.2) is 0 Å². The van der Waals surface area contributed by atoms with E-state index >= 15 is 0 Å².